The number of nitrogens with zero attached hydrogens (tertiary/aromatic N) is 2. The Morgan fingerprint density at radius 1 is 0.896 bits per heavy atom. The summed E-state index contributed by atoms with van der Waals surface area (Å²) in [6.07, 6.45) is 0. The Labute approximate surface area is 292 Å². The second-order valence-corrected chi connectivity index (χ2v) is 13.7. The fraction of sp³-hybridized carbons (Fsp3) is 0.242. The first-order valence-electron chi connectivity index (χ1n) is 14.6. The fourth-order valence-electron chi connectivity index (χ4n) is 5.79. The number of benzene rings is 3. The molecule has 2 aliphatic heterocycles. The maximum Gasteiger partial charge on any atom is 0.338 e. The monoisotopic (exact) mass is 727 g/mol. The maximum atomic E-state index is 14.2. The minimum Gasteiger partial charge on any atom is -0.493 e. The van der Waals surface area contributed by atoms with Crippen LogP contribution in [0.3, 0.4) is 0 Å². The summed E-state index contributed by atoms with van der Waals surface area (Å²) in [6.45, 7) is 1.55. The van der Waals surface area contributed by atoms with Crippen LogP contribution in [0.25, 0.3) is 0 Å². The largest absolute Gasteiger partial charge is 0.493 e. The van der Waals surface area contributed by atoms with Crippen molar-refractivity contribution in [2.75, 3.05) is 31.0 Å². The van der Waals surface area contributed by atoms with Crippen LogP contribution in [0.2, 0.25) is 10.0 Å². The van der Waals surface area contributed by atoms with Gasteiger partial charge < -0.3 is 19.5 Å². The lowest BCUT2D eigenvalue weighted by Crippen LogP contribution is -2.33. The number of fused-ring (bicyclic) bond motifs is 2. The molecule has 3 atom stereocenters. The van der Waals surface area contributed by atoms with Crippen molar-refractivity contribution in [2.24, 2.45) is 5.92 Å². The second kappa shape index (κ2) is 13.7. The molecule has 0 radical (unpaired) electrons. The highest BCUT2D eigenvalue weighted by Crippen LogP contribution is 2.54. The molecule has 248 valence electrons. The molecule has 3 amide bonds. The van der Waals surface area contributed by atoms with Gasteiger partial charge in [-0.1, -0.05) is 52.4 Å². The minimum atomic E-state index is -0.925. The zero-order valence-electron chi connectivity index (χ0n) is 25.7. The van der Waals surface area contributed by atoms with E-state index in [2.05, 4.69) is 5.32 Å². The number of aromatic nitrogens is 1. The number of thiazole rings is 1. The molecule has 2 aliphatic rings. The summed E-state index contributed by atoms with van der Waals surface area (Å²) in [5.74, 6) is -2.73. The van der Waals surface area contributed by atoms with E-state index in [9.17, 15) is 24.0 Å². The summed E-state index contributed by atoms with van der Waals surface area (Å²) in [4.78, 5) is 68.4. The van der Waals surface area contributed by atoms with Crippen LogP contribution >= 0.6 is 46.3 Å². The molecule has 6 rings (SSSR count). The van der Waals surface area contributed by atoms with E-state index in [1.807, 2.05) is 0 Å². The lowest BCUT2D eigenvalue weighted by atomic mass is 9.83. The van der Waals surface area contributed by atoms with E-state index in [1.165, 1.54) is 49.1 Å². The molecule has 0 spiro atoms. The topological polar surface area (TPSA) is 133 Å². The van der Waals surface area contributed by atoms with Gasteiger partial charge in [-0.3, -0.25) is 23.7 Å². The molecular weight excluding hydrogens is 701 g/mol. The molecule has 48 heavy (non-hydrogen) atoms. The minimum absolute atomic E-state index is 0.203. The zero-order chi connectivity index (χ0) is 34.3. The van der Waals surface area contributed by atoms with E-state index in [-0.39, 0.29) is 23.7 Å². The Morgan fingerprint density at radius 3 is 2.29 bits per heavy atom. The average Bonchev–Trinajstić information content (AvgIpc) is 3.52. The highest BCUT2D eigenvalue weighted by molar-refractivity contribution is 8.00. The lowest BCUT2D eigenvalue weighted by molar-refractivity contribution is -0.122. The molecule has 3 aromatic carbocycles. The van der Waals surface area contributed by atoms with Crippen molar-refractivity contribution in [3.05, 3.63) is 96.4 Å². The van der Waals surface area contributed by atoms with Crippen molar-refractivity contribution in [3.63, 3.8) is 0 Å². The summed E-state index contributed by atoms with van der Waals surface area (Å²) in [7, 11) is 2.99. The Bertz CT molecular complexity index is 2010. The molecule has 3 heterocycles. The van der Waals surface area contributed by atoms with Gasteiger partial charge in [-0.25, -0.2) is 9.69 Å². The number of amides is 3. The van der Waals surface area contributed by atoms with Gasteiger partial charge in [0.1, 0.15) is 11.8 Å². The Balaban J connectivity index is 1.40. The molecule has 4 aromatic rings. The SMILES string of the molecule is CCOC(=O)c1ccc(N2C(=O)C3Sc4c(sc(=O)n4CC(=O)Nc4ccc(Cl)c(Cl)c4)C(c4ccc(OC)c(OC)c4)C3C2=O)cc1. The molecule has 3 unspecified atom stereocenters. The fourth-order valence-corrected chi connectivity index (χ4v) is 8.87. The third-order valence-electron chi connectivity index (χ3n) is 7.96. The molecule has 1 fully saturated rings. The smallest absolute Gasteiger partial charge is 0.338 e. The van der Waals surface area contributed by atoms with Gasteiger partial charge in [0, 0.05) is 16.5 Å². The first-order chi connectivity index (χ1) is 23.1. The quantitative estimate of drug-likeness (QED) is 0.167. The number of halogens is 2. The Hall–Kier alpha value is -4.30. The normalized spacial score (nSPS) is 18.3. The van der Waals surface area contributed by atoms with Crippen LogP contribution in [0.1, 0.15) is 33.6 Å². The van der Waals surface area contributed by atoms with Gasteiger partial charge in [-0.15, -0.1) is 0 Å². The molecule has 0 aliphatic carbocycles. The predicted octanol–water partition coefficient (Wildman–Crippen LogP) is 5.85. The average molecular weight is 729 g/mol. The molecule has 1 aromatic heterocycles. The summed E-state index contributed by atoms with van der Waals surface area (Å²) >= 11 is 14.1. The summed E-state index contributed by atoms with van der Waals surface area (Å²) in [5, 5.41) is 2.79. The van der Waals surface area contributed by atoms with Crippen LogP contribution in [0, 0.1) is 5.92 Å². The number of hydrogen-bond acceptors (Lipinski definition) is 10. The van der Waals surface area contributed by atoms with Gasteiger partial charge in [0.2, 0.25) is 17.7 Å². The Morgan fingerprint density at radius 2 is 1.62 bits per heavy atom. The van der Waals surface area contributed by atoms with Gasteiger partial charge in [-0.2, -0.15) is 0 Å². The van der Waals surface area contributed by atoms with Crippen LogP contribution in [0.5, 0.6) is 11.5 Å². The number of nitrogens with one attached hydrogen (secondary N) is 1. The number of rotatable bonds is 9. The number of methoxy groups -OCH3 is 2. The second-order valence-electron chi connectivity index (χ2n) is 10.7. The summed E-state index contributed by atoms with van der Waals surface area (Å²) in [6, 6.07) is 15.8. The maximum absolute atomic E-state index is 14.2. The van der Waals surface area contributed by atoms with Crippen molar-refractivity contribution >= 4 is 81.4 Å². The summed E-state index contributed by atoms with van der Waals surface area (Å²) in [5.41, 5.74) is 1.59. The number of carbonyl (C=O) groups excluding carboxylic acids is 4. The van der Waals surface area contributed by atoms with Gasteiger partial charge >= 0.3 is 10.8 Å². The third-order valence-corrected chi connectivity index (χ3v) is 11.3. The number of hydrogen-bond donors (Lipinski definition) is 1. The molecule has 0 saturated carbocycles. The third kappa shape index (κ3) is 6.07. The molecule has 0 bridgehead atoms. The number of thioether (sulfide) groups is 1. The lowest BCUT2D eigenvalue weighted by Gasteiger charge is -2.31. The van der Waals surface area contributed by atoms with Crippen molar-refractivity contribution in [1.82, 2.24) is 4.57 Å². The van der Waals surface area contributed by atoms with Gasteiger partial charge in [0.25, 0.3) is 0 Å². The predicted molar refractivity (Wildman–Crippen MR) is 183 cm³/mol. The number of esters is 1. The first-order valence-corrected chi connectivity index (χ1v) is 17.0. The van der Waals surface area contributed by atoms with E-state index in [1.54, 1.807) is 37.3 Å². The van der Waals surface area contributed by atoms with E-state index in [4.69, 9.17) is 37.4 Å². The molecule has 1 saturated heterocycles. The van der Waals surface area contributed by atoms with Crippen molar-refractivity contribution in [3.8, 4) is 11.5 Å². The van der Waals surface area contributed by atoms with Crippen LogP contribution in [-0.2, 0) is 25.7 Å². The van der Waals surface area contributed by atoms with E-state index >= 15 is 0 Å². The van der Waals surface area contributed by atoms with Crippen molar-refractivity contribution in [1.29, 1.82) is 0 Å². The van der Waals surface area contributed by atoms with Gasteiger partial charge in [-0.05, 0) is 67.1 Å². The van der Waals surface area contributed by atoms with Crippen LogP contribution < -0.4 is 24.6 Å². The molecule has 11 nitrogen and oxygen atoms in total. The van der Waals surface area contributed by atoms with E-state index in [0.29, 0.717) is 43.4 Å². The van der Waals surface area contributed by atoms with Crippen molar-refractivity contribution in [2.45, 2.75) is 29.7 Å². The zero-order valence-corrected chi connectivity index (χ0v) is 28.8. The Kier molecular flexibility index (Phi) is 9.57. The van der Waals surface area contributed by atoms with E-state index < -0.39 is 45.6 Å². The number of ether oxygens (including phenoxy) is 3. The molecular formula is C33H27Cl2N3O8S2. The van der Waals surface area contributed by atoms with Crippen LogP contribution in [0.15, 0.2) is 70.5 Å². The first kappa shape index (κ1) is 33.6. The molecule has 1 N–H and O–H groups in total. The highest BCUT2D eigenvalue weighted by Gasteiger charge is 2.57. The number of carbonyl (C=O) groups is 4. The number of imide groups is 1. The van der Waals surface area contributed by atoms with Gasteiger partial charge in [0.15, 0.2) is 11.5 Å². The number of anilines is 2. The highest BCUT2D eigenvalue weighted by atomic mass is 35.5. The summed E-state index contributed by atoms with van der Waals surface area (Å²) < 4.78 is 17.3. The standard InChI is InChI=1S/C33H27Cl2N3O8S2/c1-4-46-32(42)16-5-9-19(10-6-16)38-29(40)26-25(17-7-12-22(44-2)23(13-17)45-3)28-31(47-27(26)30(38)41)37(33(43)48-28)15-24(39)36-18-8-11-20(34)21(35)14-18/h5-14,25-27H,4,15H2,1-3H3,(H,36,39). The molecule has 15 heteroatoms. The van der Waals surface area contributed by atoms with E-state index in [0.717, 1.165) is 28.0 Å². The van der Waals surface area contributed by atoms with Crippen LogP contribution in [-0.4, -0.2) is 54.3 Å². The van der Waals surface area contributed by atoms with Crippen LogP contribution in [0.4, 0.5) is 11.4 Å². The van der Waals surface area contributed by atoms with Crippen molar-refractivity contribution < 1.29 is 33.4 Å². The van der Waals surface area contributed by atoms with Gasteiger partial charge in [0.05, 0.1) is 53.1 Å².